The lowest BCUT2D eigenvalue weighted by molar-refractivity contribution is 0.0903. The number of likely N-dealkylation sites (tertiary alicyclic amines) is 1. The van der Waals surface area contributed by atoms with E-state index in [0.29, 0.717) is 36.2 Å². The molecule has 130 valence electrons. The number of hydrogen-bond acceptors (Lipinski definition) is 7. The molecule has 1 amide bonds. The zero-order chi connectivity index (χ0) is 16.9. The van der Waals surface area contributed by atoms with Crippen molar-refractivity contribution in [2.45, 2.75) is 39.0 Å². The predicted molar refractivity (Wildman–Crippen MR) is 84.2 cm³/mol. The van der Waals surface area contributed by atoms with Crippen LogP contribution < -0.4 is 5.32 Å². The zero-order valence-corrected chi connectivity index (χ0v) is 13.9. The van der Waals surface area contributed by atoms with Crippen molar-refractivity contribution in [1.29, 1.82) is 0 Å². The van der Waals surface area contributed by atoms with E-state index < -0.39 is 0 Å². The Kier molecular flexibility index (Phi) is 5.27. The third kappa shape index (κ3) is 4.01. The molecule has 1 fully saturated rings. The van der Waals surface area contributed by atoms with Crippen molar-refractivity contribution in [3.05, 3.63) is 35.4 Å². The van der Waals surface area contributed by atoms with Crippen LogP contribution in [0, 0.1) is 6.92 Å². The van der Waals surface area contributed by atoms with Gasteiger partial charge in [-0.1, -0.05) is 5.16 Å². The van der Waals surface area contributed by atoms with Crippen molar-refractivity contribution >= 4 is 5.91 Å². The lowest BCUT2D eigenvalue weighted by Crippen LogP contribution is -2.44. The van der Waals surface area contributed by atoms with Crippen LogP contribution in [-0.2, 0) is 17.9 Å². The van der Waals surface area contributed by atoms with E-state index in [1.807, 2.05) is 0 Å². The average Bonchev–Trinajstić information content (AvgIpc) is 3.19. The van der Waals surface area contributed by atoms with E-state index in [9.17, 15) is 4.79 Å². The van der Waals surface area contributed by atoms with Crippen LogP contribution in [-0.4, -0.2) is 47.2 Å². The maximum absolute atomic E-state index is 12.2. The molecule has 1 N–H and O–H groups in total. The molecule has 0 bridgehead atoms. The van der Waals surface area contributed by atoms with Crippen molar-refractivity contribution in [3.8, 4) is 0 Å². The third-order valence-corrected chi connectivity index (χ3v) is 4.17. The molecule has 2 aromatic rings. The molecule has 0 atom stereocenters. The van der Waals surface area contributed by atoms with E-state index in [2.05, 4.69) is 20.4 Å². The summed E-state index contributed by atoms with van der Waals surface area (Å²) in [5.41, 5.74) is 0.606. The van der Waals surface area contributed by atoms with Crippen LogP contribution in [0.25, 0.3) is 0 Å². The summed E-state index contributed by atoms with van der Waals surface area (Å²) in [5, 5.41) is 6.93. The normalized spacial score (nSPS) is 16.4. The number of piperidine rings is 1. The molecular weight excluding hydrogens is 312 g/mol. The number of carbonyl (C=O) groups excluding carboxylic acids is 1. The number of rotatable bonds is 6. The molecule has 8 nitrogen and oxygen atoms in total. The fraction of sp³-hybridized carbons (Fsp3) is 0.562. The third-order valence-electron chi connectivity index (χ3n) is 4.17. The number of aryl methyl sites for hydroxylation is 1. The summed E-state index contributed by atoms with van der Waals surface area (Å²) in [4.78, 5) is 18.7. The first-order chi connectivity index (χ1) is 11.7. The smallest absolute Gasteiger partial charge is 0.255 e. The van der Waals surface area contributed by atoms with E-state index in [-0.39, 0.29) is 11.9 Å². The van der Waals surface area contributed by atoms with Gasteiger partial charge in [0.05, 0.1) is 18.4 Å². The molecule has 0 aromatic carbocycles. The Bertz CT molecular complexity index is 673. The largest absolute Gasteiger partial charge is 0.469 e. The first-order valence-corrected chi connectivity index (χ1v) is 8.03. The molecule has 0 saturated carbocycles. The molecule has 0 unspecified atom stereocenters. The summed E-state index contributed by atoms with van der Waals surface area (Å²) in [5.74, 6) is 1.73. The van der Waals surface area contributed by atoms with Crippen LogP contribution in [0.4, 0.5) is 0 Å². The molecule has 2 aromatic heterocycles. The fourth-order valence-electron chi connectivity index (χ4n) is 2.85. The molecule has 3 rings (SSSR count). The predicted octanol–water partition coefficient (Wildman–Crippen LogP) is 1.51. The number of carbonyl (C=O) groups is 1. The van der Waals surface area contributed by atoms with Gasteiger partial charge in [-0.3, -0.25) is 9.69 Å². The minimum absolute atomic E-state index is 0.0687. The van der Waals surface area contributed by atoms with Crippen LogP contribution in [0.15, 0.2) is 21.3 Å². The summed E-state index contributed by atoms with van der Waals surface area (Å²) in [7, 11) is 1.60. The summed E-state index contributed by atoms with van der Waals surface area (Å²) in [6, 6.07) is 1.88. The number of nitrogens with zero attached hydrogens (tertiary/aromatic N) is 3. The van der Waals surface area contributed by atoms with Crippen LogP contribution in [0.2, 0.25) is 0 Å². The zero-order valence-electron chi connectivity index (χ0n) is 13.9. The van der Waals surface area contributed by atoms with Crippen molar-refractivity contribution in [2.75, 3.05) is 20.2 Å². The summed E-state index contributed by atoms with van der Waals surface area (Å²) >= 11 is 0. The molecule has 0 spiro atoms. The van der Waals surface area contributed by atoms with Gasteiger partial charge in [0.2, 0.25) is 5.89 Å². The van der Waals surface area contributed by atoms with E-state index in [1.165, 1.54) is 6.26 Å². The maximum atomic E-state index is 12.2. The number of hydrogen-bond donors (Lipinski definition) is 1. The van der Waals surface area contributed by atoms with E-state index >= 15 is 0 Å². The van der Waals surface area contributed by atoms with Gasteiger partial charge in [0, 0.05) is 26.2 Å². The van der Waals surface area contributed by atoms with Crippen LogP contribution in [0.1, 0.15) is 40.7 Å². The molecule has 8 heteroatoms. The molecule has 1 aliphatic rings. The maximum Gasteiger partial charge on any atom is 0.255 e. The van der Waals surface area contributed by atoms with Gasteiger partial charge in [-0.25, -0.2) is 0 Å². The number of methoxy groups -OCH3 is 1. The molecule has 0 aliphatic carbocycles. The SMILES string of the molecule is COCc1noc(CN2CCC(NC(=O)c3ccoc3C)CC2)n1. The van der Waals surface area contributed by atoms with Crippen molar-refractivity contribution in [2.24, 2.45) is 0 Å². The quantitative estimate of drug-likeness (QED) is 0.856. The molecule has 3 heterocycles. The summed E-state index contributed by atoms with van der Waals surface area (Å²) < 4.78 is 15.4. The lowest BCUT2D eigenvalue weighted by atomic mass is 10.0. The number of aromatic nitrogens is 2. The highest BCUT2D eigenvalue weighted by Gasteiger charge is 2.23. The van der Waals surface area contributed by atoms with Crippen LogP contribution >= 0.6 is 0 Å². The Morgan fingerprint density at radius 2 is 2.25 bits per heavy atom. The highest BCUT2D eigenvalue weighted by atomic mass is 16.5. The Morgan fingerprint density at radius 3 is 2.92 bits per heavy atom. The van der Waals surface area contributed by atoms with Gasteiger partial charge in [-0.15, -0.1) is 0 Å². The van der Waals surface area contributed by atoms with Gasteiger partial charge in [0.25, 0.3) is 5.91 Å². The second kappa shape index (κ2) is 7.59. The topological polar surface area (TPSA) is 93.6 Å². The van der Waals surface area contributed by atoms with Gasteiger partial charge in [0.1, 0.15) is 12.4 Å². The fourth-order valence-corrected chi connectivity index (χ4v) is 2.85. The van der Waals surface area contributed by atoms with Crippen molar-refractivity contribution < 1.29 is 18.5 Å². The molecule has 0 radical (unpaired) electrons. The Balaban J connectivity index is 1.45. The average molecular weight is 334 g/mol. The van der Waals surface area contributed by atoms with Crippen LogP contribution in [0.3, 0.4) is 0 Å². The minimum Gasteiger partial charge on any atom is -0.469 e. The van der Waals surface area contributed by atoms with Gasteiger partial charge in [0.15, 0.2) is 5.82 Å². The van der Waals surface area contributed by atoms with Crippen molar-refractivity contribution in [3.63, 3.8) is 0 Å². The van der Waals surface area contributed by atoms with E-state index in [0.717, 1.165) is 25.9 Å². The standard InChI is InChI=1S/C16H22N4O4/c1-11-13(5-8-23-11)16(21)17-12-3-6-20(7-4-12)9-15-18-14(10-22-2)19-24-15/h5,8,12H,3-4,6-7,9-10H2,1-2H3,(H,17,21). The lowest BCUT2D eigenvalue weighted by Gasteiger charge is -2.31. The first-order valence-electron chi connectivity index (χ1n) is 8.03. The second-order valence-electron chi connectivity index (χ2n) is 5.95. The number of furan rings is 1. The van der Waals surface area contributed by atoms with E-state index in [1.54, 1.807) is 20.1 Å². The molecular formula is C16H22N4O4. The molecule has 1 aliphatic heterocycles. The summed E-state index contributed by atoms with van der Waals surface area (Å²) in [6.07, 6.45) is 3.32. The van der Waals surface area contributed by atoms with Crippen molar-refractivity contribution in [1.82, 2.24) is 20.4 Å². The number of amides is 1. The Morgan fingerprint density at radius 1 is 1.46 bits per heavy atom. The summed E-state index contributed by atoms with van der Waals surface area (Å²) in [6.45, 7) is 4.51. The van der Waals surface area contributed by atoms with Gasteiger partial charge in [-0.2, -0.15) is 4.98 Å². The van der Waals surface area contributed by atoms with Gasteiger partial charge >= 0.3 is 0 Å². The second-order valence-corrected chi connectivity index (χ2v) is 5.95. The monoisotopic (exact) mass is 334 g/mol. The minimum atomic E-state index is -0.0687. The number of nitrogens with one attached hydrogen (secondary N) is 1. The Hall–Kier alpha value is -2.19. The number of ether oxygens (including phenoxy) is 1. The highest BCUT2D eigenvalue weighted by molar-refractivity contribution is 5.95. The van der Waals surface area contributed by atoms with Gasteiger partial charge < -0.3 is 19.0 Å². The van der Waals surface area contributed by atoms with Crippen LogP contribution in [0.5, 0.6) is 0 Å². The van der Waals surface area contributed by atoms with E-state index in [4.69, 9.17) is 13.7 Å². The van der Waals surface area contributed by atoms with Gasteiger partial charge in [-0.05, 0) is 25.8 Å². The highest BCUT2D eigenvalue weighted by Crippen LogP contribution is 2.15. The molecule has 24 heavy (non-hydrogen) atoms. The Labute approximate surface area is 140 Å². The first kappa shape index (κ1) is 16.7. The molecule has 1 saturated heterocycles.